The minimum absolute atomic E-state index is 0.0434. The van der Waals surface area contributed by atoms with Crippen molar-refractivity contribution < 1.29 is 43.0 Å². The standard InChI is InChI=1S/C13H22N2O4.C10H17NO4.C7H11N3O/c1-9(16)7-14-11(17)10-5-6-15(8-10)12(18)19-13(2,3)4;1-10(2,3)15-9(14)11-5-4-7(6-11)8(12)13;1-5-9-10-7(11-5)6-2-3-8-4-6/h10H,5-8H2,1-4H3,(H,14,17);7H,4-6H2,1-3H3,(H,12,13);6,8H,2-4H2,1H3. The van der Waals surface area contributed by atoms with E-state index >= 15 is 0 Å². The monoisotopic (exact) mass is 638 g/mol. The smallest absolute Gasteiger partial charge is 0.410 e. The number of ether oxygens (including phenoxy) is 2. The van der Waals surface area contributed by atoms with E-state index in [-0.39, 0.29) is 30.7 Å². The number of nitrogens with zero attached hydrogens (tertiary/aromatic N) is 4. The number of Topliss-reactive ketones (excluding diaryl/α,β-unsaturated/α-hetero) is 1. The van der Waals surface area contributed by atoms with E-state index in [0.29, 0.717) is 44.3 Å². The fraction of sp³-hybridized carbons (Fsp3) is 0.767. The van der Waals surface area contributed by atoms with E-state index in [1.54, 1.807) is 41.5 Å². The van der Waals surface area contributed by atoms with Crippen molar-refractivity contribution >= 4 is 29.8 Å². The third kappa shape index (κ3) is 13.8. The van der Waals surface area contributed by atoms with Gasteiger partial charge < -0.3 is 39.4 Å². The quantitative estimate of drug-likeness (QED) is 0.428. The Bertz CT molecular complexity index is 1170. The highest BCUT2D eigenvalue weighted by molar-refractivity contribution is 5.86. The van der Waals surface area contributed by atoms with Crippen LogP contribution in [0, 0.1) is 18.8 Å². The van der Waals surface area contributed by atoms with Gasteiger partial charge in [0.05, 0.1) is 24.3 Å². The Morgan fingerprint density at radius 3 is 1.84 bits per heavy atom. The Hall–Kier alpha value is -3.75. The van der Waals surface area contributed by atoms with Gasteiger partial charge in [-0.25, -0.2) is 9.59 Å². The van der Waals surface area contributed by atoms with Crippen LogP contribution in [0.4, 0.5) is 9.59 Å². The molecule has 4 heterocycles. The van der Waals surface area contributed by atoms with Gasteiger partial charge in [0.2, 0.25) is 17.7 Å². The molecular weight excluding hydrogens is 588 g/mol. The predicted molar refractivity (Wildman–Crippen MR) is 162 cm³/mol. The molecule has 3 aliphatic rings. The summed E-state index contributed by atoms with van der Waals surface area (Å²) in [5.74, 6) is 0.0673. The van der Waals surface area contributed by atoms with Crippen LogP contribution in [0.2, 0.25) is 0 Å². The largest absolute Gasteiger partial charge is 0.481 e. The van der Waals surface area contributed by atoms with Crippen LogP contribution >= 0.6 is 0 Å². The lowest BCUT2D eigenvalue weighted by atomic mass is 10.1. The number of amides is 3. The summed E-state index contributed by atoms with van der Waals surface area (Å²) >= 11 is 0. The van der Waals surface area contributed by atoms with Gasteiger partial charge in [0.15, 0.2) is 0 Å². The van der Waals surface area contributed by atoms with E-state index in [4.69, 9.17) is 19.0 Å². The summed E-state index contributed by atoms with van der Waals surface area (Å²) in [4.78, 5) is 59.6. The lowest BCUT2D eigenvalue weighted by molar-refractivity contribution is -0.141. The Kier molecular flexibility index (Phi) is 13.8. The van der Waals surface area contributed by atoms with Crippen molar-refractivity contribution in [2.24, 2.45) is 11.8 Å². The van der Waals surface area contributed by atoms with E-state index in [1.165, 1.54) is 16.7 Å². The molecule has 4 rings (SSSR count). The van der Waals surface area contributed by atoms with E-state index in [1.807, 2.05) is 6.92 Å². The highest BCUT2D eigenvalue weighted by Crippen LogP contribution is 2.21. The van der Waals surface area contributed by atoms with Gasteiger partial charge in [-0.2, -0.15) is 0 Å². The van der Waals surface area contributed by atoms with Crippen molar-refractivity contribution in [2.75, 3.05) is 45.8 Å². The molecule has 15 heteroatoms. The Morgan fingerprint density at radius 1 is 0.911 bits per heavy atom. The van der Waals surface area contributed by atoms with Crippen LogP contribution in [-0.4, -0.2) is 112 Å². The molecule has 1 aromatic rings. The fourth-order valence-electron chi connectivity index (χ4n) is 4.62. The minimum Gasteiger partial charge on any atom is -0.481 e. The molecule has 3 amide bonds. The second kappa shape index (κ2) is 16.5. The molecule has 0 saturated carbocycles. The lowest BCUT2D eigenvalue weighted by Gasteiger charge is -2.24. The van der Waals surface area contributed by atoms with Gasteiger partial charge in [-0.3, -0.25) is 14.4 Å². The van der Waals surface area contributed by atoms with Crippen LogP contribution in [-0.2, 0) is 23.9 Å². The van der Waals surface area contributed by atoms with Crippen LogP contribution in [0.5, 0.6) is 0 Å². The number of carbonyl (C=O) groups excluding carboxylic acids is 4. The highest BCUT2D eigenvalue weighted by Gasteiger charge is 2.34. The first-order valence-corrected chi connectivity index (χ1v) is 15.3. The average Bonchev–Trinajstić information content (AvgIpc) is 3.72. The molecule has 0 aliphatic carbocycles. The maximum absolute atomic E-state index is 11.8. The number of hydrogen-bond donors (Lipinski definition) is 3. The second-order valence-corrected chi connectivity index (χ2v) is 13.4. The molecular formula is C30H50N6O9. The number of ketones is 1. The predicted octanol–water partition coefficient (Wildman–Crippen LogP) is 2.73. The van der Waals surface area contributed by atoms with Crippen molar-refractivity contribution in [3.8, 4) is 0 Å². The van der Waals surface area contributed by atoms with Crippen LogP contribution in [0.15, 0.2) is 4.42 Å². The highest BCUT2D eigenvalue weighted by atomic mass is 16.6. The number of rotatable bonds is 5. The summed E-state index contributed by atoms with van der Waals surface area (Å²) in [5, 5.41) is 22.3. The van der Waals surface area contributed by atoms with Crippen LogP contribution in [0.3, 0.4) is 0 Å². The van der Waals surface area contributed by atoms with E-state index < -0.39 is 35.3 Å². The van der Waals surface area contributed by atoms with E-state index in [2.05, 4.69) is 20.8 Å². The number of carbonyl (C=O) groups is 5. The van der Waals surface area contributed by atoms with Gasteiger partial charge in [-0.1, -0.05) is 0 Å². The summed E-state index contributed by atoms with van der Waals surface area (Å²) in [5.41, 5.74) is -1.07. The van der Waals surface area contributed by atoms with Crippen LogP contribution in [0.1, 0.15) is 85.4 Å². The van der Waals surface area contributed by atoms with Gasteiger partial charge in [0, 0.05) is 39.6 Å². The fourth-order valence-corrected chi connectivity index (χ4v) is 4.62. The normalized spacial score (nSPS) is 21.2. The number of aliphatic carboxylic acids is 1. The molecule has 0 bridgehead atoms. The molecule has 3 N–H and O–H groups in total. The number of hydrogen-bond acceptors (Lipinski definition) is 11. The number of aryl methyl sites for hydroxylation is 1. The molecule has 3 fully saturated rings. The van der Waals surface area contributed by atoms with E-state index in [9.17, 15) is 24.0 Å². The molecule has 3 aliphatic heterocycles. The van der Waals surface area contributed by atoms with Crippen molar-refractivity contribution in [2.45, 2.75) is 91.8 Å². The first kappa shape index (κ1) is 37.4. The van der Waals surface area contributed by atoms with Crippen LogP contribution in [0.25, 0.3) is 0 Å². The molecule has 0 aromatic carbocycles. The van der Waals surface area contributed by atoms with E-state index in [0.717, 1.165) is 25.4 Å². The first-order valence-electron chi connectivity index (χ1n) is 15.3. The summed E-state index contributed by atoms with van der Waals surface area (Å²) in [6, 6.07) is 0. The zero-order valence-electron chi connectivity index (χ0n) is 27.8. The second-order valence-electron chi connectivity index (χ2n) is 13.4. The molecule has 0 radical (unpaired) electrons. The Balaban J connectivity index is 0.000000243. The topological polar surface area (TPSA) is 194 Å². The van der Waals surface area contributed by atoms with Crippen LogP contribution < -0.4 is 10.6 Å². The van der Waals surface area contributed by atoms with Crippen molar-refractivity contribution in [3.63, 3.8) is 0 Å². The summed E-state index contributed by atoms with van der Waals surface area (Å²) in [6.45, 7) is 17.7. The Morgan fingerprint density at radius 2 is 1.44 bits per heavy atom. The molecule has 15 nitrogen and oxygen atoms in total. The van der Waals surface area contributed by atoms with Gasteiger partial charge in [-0.15, -0.1) is 10.2 Å². The lowest BCUT2D eigenvalue weighted by Crippen LogP contribution is -2.38. The Labute approximate surface area is 264 Å². The summed E-state index contributed by atoms with van der Waals surface area (Å²) in [6.07, 6.45) is 1.40. The third-order valence-electron chi connectivity index (χ3n) is 6.86. The molecule has 0 spiro atoms. The van der Waals surface area contributed by atoms with Crippen molar-refractivity contribution in [1.82, 2.24) is 30.6 Å². The molecule has 3 atom stereocenters. The maximum Gasteiger partial charge on any atom is 0.410 e. The summed E-state index contributed by atoms with van der Waals surface area (Å²) < 4.78 is 15.7. The number of carboxylic acid groups (broad SMARTS) is 1. The molecule has 3 unspecified atom stereocenters. The molecule has 45 heavy (non-hydrogen) atoms. The number of carboxylic acids is 1. The zero-order chi connectivity index (χ0) is 33.9. The molecule has 254 valence electrons. The van der Waals surface area contributed by atoms with Crippen molar-refractivity contribution in [1.29, 1.82) is 0 Å². The number of likely N-dealkylation sites (tertiary alicyclic amines) is 2. The van der Waals surface area contributed by atoms with Gasteiger partial charge in [-0.05, 0) is 74.3 Å². The van der Waals surface area contributed by atoms with Crippen molar-refractivity contribution in [3.05, 3.63) is 11.8 Å². The molecule has 1 aromatic heterocycles. The number of aromatic nitrogens is 2. The minimum atomic E-state index is -0.846. The zero-order valence-corrected chi connectivity index (χ0v) is 27.8. The van der Waals surface area contributed by atoms with Gasteiger partial charge >= 0.3 is 18.2 Å². The average molecular weight is 639 g/mol. The maximum atomic E-state index is 11.8. The third-order valence-corrected chi connectivity index (χ3v) is 6.86. The first-order chi connectivity index (χ1) is 20.8. The van der Waals surface area contributed by atoms with Gasteiger partial charge in [0.25, 0.3) is 0 Å². The van der Waals surface area contributed by atoms with Gasteiger partial charge in [0.1, 0.15) is 17.0 Å². The molecule has 3 saturated heterocycles. The summed E-state index contributed by atoms with van der Waals surface area (Å²) in [7, 11) is 0. The number of nitrogens with one attached hydrogen (secondary N) is 2. The SMILES string of the molecule is CC(=O)CNC(=O)C1CCN(C(=O)OC(C)(C)C)C1.CC(C)(C)OC(=O)N1CCC(C(=O)O)C1.Cc1nnc(C2CCNC2)o1.